The Bertz CT molecular complexity index is 310. The minimum Gasteiger partial charge on any atom is -0.388 e. The summed E-state index contributed by atoms with van der Waals surface area (Å²) in [6, 6.07) is 0.277. The number of ether oxygens (including phenoxy) is 1. The van der Waals surface area contributed by atoms with Crippen LogP contribution >= 0.6 is 0 Å². The lowest BCUT2D eigenvalue weighted by Gasteiger charge is -2.12. The quantitative estimate of drug-likeness (QED) is 0.714. The second-order valence-corrected chi connectivity index (χ2v) is 3.95. The molecular weight excluding hydrogens is 206 g/mol. The van der Waals surface area contributed by atoms with Crippen LogP contribution in [0.25, 0.3) is 0 Å². The van der Waals surface area contributed by atoms with E-state index in [2.05, 4.69) is 24.0 Å². The zero-order valence-electron chi connectivity index (χ0n) is 10.3. The highest BCUT2D eigenvalue weighted by atomic mass is 16.5. The molecule has 0 unspecified atom stereocenters. The molecule has 0 atom stereocenters. The Morgan fingerprint density at radius 3 is 2.56 bits per heavy atom. The van der Waals surface area contributed by atoms with Gasteiger partial charge in [-0.2, -0.15) is 0 Å². The molecule has 1 rings (SSSR count). The molecular formula is C11H21N3O2. The number of hydrogen-bond acceptors (Lipinski definition) is 4. The molecule has 0 saturated carbocycles. The molecule has 0 radical (unpaired) electrons. The van der Waals surface area contributed by atoms with Crippen LogP contribution in [0.3, 0.4) is 0 Å². The Hall–Kier alpha value is -0.940. The van der Waals surface area contributed by atoms with Crippen molar-refractivity contribution in [2.45, 2.75) is 46.3 Å². The number of aryl methyl sites for hydroxylation is 1. The van der Waals surface area contributed by atoms with Crippen molar-refractivity contribution in [3.63, 3.8) is 0 Å². The van der Waals surface area contributed by atoms with Gasteiger partial charge in [0.2, 0.25) is 0 Å². The van der Waals surface area contributed by atoms with Crippen LogP contribution in [0.15, 0.2) is 0 Å². The van der Waals surface area contributed by atoms with E-state index in [0.29, 0.717) is 5.82 Å². The fraction of sp³-hybridized carbons (Fsp3) is 0.818. The Kier molecular flexibility index (Phi) is 5.42. The Labute approximate surface area is 96.5 Å². The lowest BCUT2D eigenvalue weighted by atomic mass is 10.3. The molecule has 1 aromatic heterocycles. The van der Waals surface area contributed by atoms with Gasteiger partial charge in [-0.25, -0.2) is 0 Å². The van der Waals surface area contributed by atoms with Gasteiger partial charge in [0.1, 0.15) is 12.4 Å². The van der Waals surface area contributed by atoms with E-state index in [0.717, 1.165) is 31.9 Å². The highest BCUT2D eigenvalue weighted by Crippen LogP contribution is 2.13. The normalized spacial score (nSPS) is 11.3. The van der Waals surface area contributed by atoms with E-state index >= 15 is 0 Å². The number of hydrogen-bond donors (Lipinski definition) is 1. The first-order valence-corrected chi connectivity index (χ1v) is 5.82. The molecule has 0 aromatic carbocycles. The molecule has 0 spiro atoms. The first-order valence-electron chi connectivity index (χ1n) is 5.82. The summed E-state index contributed by atoms with van der Waals surface area (Å²) in [6.07, 6.45) is 1.77. The molecule has 1 aromatic rings. The molecule has 1 N–H and O–H groups in total. The predicted octanol–water partition coefficient (Wildman–Crippen LogP) is 1.32. The SMILES string of the molecule is CCOCCCc1nnc(CO)n1C(C)C. The van der Waals surface area contributed by atoms with Crippen molar-refractivity contribution in [2.24, 2.45) is 0 Å². The standard InChI is InChI=1S/C11H21N3O2/c1-4-16-7-5-6-10-12-13-11(8-15)14(10)9(2)3/h9,15H,4-8H2,1-3H3. The van der Waals surface area contributed by atoms with Crippen LogP contribution in [0.4, 0.5) is 0 Å². The first-order chi connectivity index (χ1) is 7.70. The van der Waals surface area contributed by atoms with E-state index < -0.39 is 0 Å². The van der Waals surface area contributed by atoms with Crippen LogP contribution in [0.1, 0.15) is 44.9 Å². The first kappa shape index (κ1) is 13.1. The molecule has 0 aliphatic heterocycles. The van der Waals surface area contributed by atoms with Crippen molar-refractivity contribution < 1.29 is 9.84 Å². The van der Waals surface area contributed by atoms with E-state index in [9.17, 15) is 0 Å². The van der Waals surface area contributed by atoms with Crippen LogP contribution in [-0.4, -0.2) is 33.1 Å². The van der Waals surface area contributed by atoms with Gasteiger partial charge in [-0.15, -0.1) is 10.2 Å². The largest absolute Gasteiger partial charge is 0.388 e. The monoisotopic (exact) mass is 227 g/mol. The lowest BCUT2D eigenvalue weighted by Crippen LogP contribution is -2.11. The highest BCUT2D eigenvalue weighted by Gasteiger charge is 2.13. The smallest absolute Gasteiger partial charge is 0.159 e. The summed E-state index contributed by atoms with van der Waals surface area (Å²) in [4.78, 5) is 0. The number of nitrogens with zero attached hydrogens (tertiary/aromatic N) is 3. The third kappa shape index (κ3) is 3.28. The predicted molar refractivity (Wildman–Crippen MR) is 61.1 cm³/mol. The summed E-state index contributed by atoms with van der Waals surface area (Å²) in [5.74, 6) is 1.57. The van der Waals surface area contributed by atoms with Crippen LogP contribution < -0.4 is 0 Å². The second-order valence-electron chi connectivity index (χ2n) is 3.95. The van der Waals surface area contributed by atoms with Crippen molar-refractivity contribution in [2.75, 3.05) is 13.2 Å². The molecule has 0 amide bonds. The zero-order valence-corrected chi connectivity index (χ0v) is 10.3. The minimum atomic E-state index is -0.0589. The van der Waals surface area contributed by atoms with Gasteiger partial charge >= 0.3 is 0 Å². The van der Waals surface area contributed by atoms with Crippen molar-refractivity contribution in [3.05, 3.63) is 11.6 Å². The van der Waals surface area contributed by atoms with E-state index in [1.165, 1.54) is 0 Å². The summed E-state index contributed by atoms with van der Waals surface area (Å²) in [6.45, 7) is 7.55. The topological polar surface area (TPSA) is 60.2 Å². The van der Waals surface area contributed by atoms with E-state index in [-0.39, 0.29) is 12.6 Å². The highest BCUT2D eigenvalue weighted by molar-refractivity contribution is 4.97. The fourth-order valence-electron chi connectivity index (χ4n) is 1.71. The summed E-state index contributed by atoms with van der Waals surface area (Å²) in [5, 5.41) is 17.2. The van der Waals surface area contributed by atoms with Gasteiger partial charge in [-0.1, -0.05) is 0 Å². The van der Waals surface area contributed by atoms with Gasteiger partial charge in [0, 0.05) is 25.7 Å². The molecule has 0 aliphatic carbocycles. The van der Waals surface area contributed by atoms with Crippen LogP contribution in [0.5, 0.6) is 0 Å². The number of aromatic nitrogens is 3. The number of aliphatic hydroxyl groups is 1. The van der Waals surface area contributed by atoms with Crippen LogP contribution in [-0.2, 0) is 17.8 Å². The van der Waals surface area contributed by atoms with Crippen molar-refractivity contribution in [1.29, 1.82) is 0 Å². The van der Waals surface area contributed by atoms with E-state index in [1.54, 1.807) is 0 Å². The Morgan fingerprint density at radius 2 is 2.00 bits per heavy atom. The van der Waals surface area contributed by atoms with Crippen molar-refractivity contribution in [1.82, 2.24) is 14.8 Å². The fourth-order valence-corrected chi connectivity index (χ4v) is 1.71. The van der Waals surface area contributed by atoms with Gasteiger partial charge in [0.25, 0.3) is 0 Å². The molecule has 92 valence electrons. The van der Waals surface area contributed by atoms with Crippen molar-refractivity contribution in [3.8, 4) is 0 Å². The number of aliphatic hydroxyl groups excluding tert-OH is 1. The summed E-state index contributed by atoms with van der Waals surface area (Å²) >= 11 is 0. The third-order valence-corrected chi connectivity index (χ3v) is 2.39. The maximum atomic E-state index is 9.14. The molecule has 0 saturated heterocycles. The number of rotatable bonds is 7. The molecule has 0 fully saturated rings. The van der Waals surface area contributed by atoms with E-state index in [1.807, 2.05) is 11.5 Å². The molecule has 5 nitrogen and oxygen atoms in total. The molecule has 16 heavy (non-hydrogen) atoms. The van der Waals surface area contributed by atoms with Crippen LogP contribution in [0.2, 0.25) is 0 Å². The summed E-state index contributed by atoms with van der Waals surface area (Å²) < 4.78 is 7.27. The summed E-state index contributed by atoms with van der Waals surface area (Å²) in [5.41, 5.74) is 0. The maximum Gasteiger partial charge on any atom is 0.159 e. The second kappa shape index (κ2) is 6.60. The average Bonchev–Trinajstić information content (AvgIpc) is 2.67. The average molecular weight is 227 g/mol. The van der Waals surface area contributed by atoms with Gasteiger partial charge in [-0.05, 0) is 27.2 Å². The van der Waals surface area contributed by atoms with Gasteiger partial charge in [-0.3, -0.25) is 0 Å². The van der Waals surface area contributed by atoms with Gasteiger partial charge in [0.05, 0.1) is 0 Å². The molecule has 5 heteroatoms. The Balaban J connectivity index is 2.61. The molecule has 1 heterocycles. The molecule has 0 aliphatic rings. The lowest BCUT2D eigenvalue weighted by molar-refractivity contribution is 0.144. The third-order valence-electron chi connectivity index (χ3n) is 2.39. The maximum absolute atomic E-state index is 9.14. The zero-order chi connectivity index (χ0) is 12.0. The van der Waals surface area contributed by atoms with Gasteiger partial charge < -0.3 is 14.4 Å². The van der Waals surface area contributed by atoms with Gasteiger partial charge in [0.15, 0.2) is 5.82 Å². The summed E-state index contributed by atoms with van der Waals surface area (Å²) in [7, 11) is 0. The van der Waals surface area contributed by atoms with E-state index in [4.69, 9.17) is 9.84 Å². The Morgan fingerprint density at radius 1 is 1.31 bits per heavy atom. The minimum absolute atomic E-state index is 0.0589. The van der Waals surface area contributed by atoms with Crippen molar-refractivity contribution >= 4 is 0 Å². The van der Waals surface area contributed by atoms with Crippen LogP contribution in [0, 0.1) is 0 Å². The molecule has 0 bridgehead atoms.